The predicted molar refractivity (Wildman–Crippen MR) is 93.3 cm³/mol. The number of thiophene rings is 1. The van der Waals surface area contributed by atoms with Crippen LogP contribution in [0.15, 0.2) is 53.9 Å². The smallest absolute Gasteiger partial charge is 0.0588 e. The van der Waals surface area contributed by atoms with E-state index in [4.69, 9.17) is 0 Å². The molecule has 1 N–H and O–H groups in total. The second kappa shape index (κ2) is 6.00. The van der Waals surface area contributed by atoms with Crippen molar-refractivity contribution in [1.82, 2.24) is 5.32 Å². The fourth-order valence-corrected chi connectivity index (χ4v) is 3.76. The van der Waals surface area contributed by atoms with Crippen molar-refractivity contribution in [1.29, 1.82) is 0 Å². The summed E-state index contributed by atoms with van der Waals surface area (Å²) in [5, 5.41) is 6.97. The molecule has 0 aliphatic rings. The van der Waals surface area contributed by atoms with Gasteiger partial charge in [-0.15, -0.1) is 11.3 Å². The lowest BCUT2D eigenvalue weighted by Crippen LogP contribution is -2.17. The molecule has 0 aliphatic carbocycles. The highest BCUT2D eigenvalue weighted by Crippen LogP contribution is 2.32. The molecule has 0 saturated carbocycles. The largest absolute Gasteiger partial charge is 0.309 e. The molecule has 108 valence electrons. The summed E-state index contributed by atoms with van der Waals surface area (Å²) >= 11 is 1.82. The molecule has 0 radical (unpaired) electrons. The first-order valence-electron chi connectivity index (χ1n) is 7.44. The van der Waals surface area contributed by atoms with E-state index in [1.165, 1.54) is 26.8 Å². The Bertz CT molecular complexity index is 725. The zero-order valence-electron chi connectivity index (χ0n) is 12.8. The standard InChI is InChI=1S/C19H21NS/c1-13(2)14-7-9-15(10-8-14)18(20-3)17-6-4-5-16-11-12-21-19(16)17/h4-13,18,20H,1-3H3. The Hall–Kier alpha value is -1.64. The van der Waals surface area contributed by atoms with Crippen LogP contribution in [0.3, 0.4) is 0 Å². The van der Waals surface area contributed by atoms with E-state index in [9.17, 15) is 0 Å². The lowest BCUT2D eigenvalue weighted by molar-refractivity contribution is 0.696. The van der Waals surface area contributed by atoms with Gasteiger partial charge in [0, 0.05) is 4.70 Å². The Labute approximate surface area is 130 Å². The zero-order valence-corrected chi connectivity index (χ0v) is 13.6. The van der Waals surface area contributed by atoms with Gasteiger partial charge in [-0.3, -0.25) is 0 Å². The van der Waals surface area contributed by atoms with Crippen molar-refractivity contribution in [2.24, 2.45) is 0 Å². The molecule has 1 aromatic heterocycles. The van der Waals surface area contributed by atoms with Crippen molar-refractivity contribution in [3.8, 4) is 0 Å². The first kappa shape index (κ1) is 14.3. The van der Waals surface area contributed by atoms with Crippen LogP contribution in [0, 0.1) is 0 Å². The Balaban J connectivity index is 2.03. The molecule has 1 nitrogen and oxygen atoms in total. The highest BCUT2D eigenvalue weighted by atomic mass is 32.1. The third-order valence-corrected chi connectivity index (χ3v) is 5.02. The summed E-state index contributed by atoms with van der Waals surface area (Å²) in [5.41, 5.74) is 4.08. The van der Waals surface area contributed by atoms with Crippen molar-refractivity contribution in [2.75, 3.05) is 7.05 Å². The normalized spacial score (nSPS) is 13.0. The van der Waals surface area contributed by atoms with Crippen LogP contribution in [-0.2, 0) is 0 Å². The Morgan fingerprint density at radius 2 is 1.62 bits per heavy atom. The van der Waals surface area contributed by atoms with Crippen LogP contribution >= 0.6 is 11.3 Å². The minimum absolute atomic E-state index is 0.244. The molecule has 2 heteroatoms. The molecule has 0 aliphatic heterocycles. The van der Waals surface area contributed by atoms with E-state index in [0.29, 0.717) is 5.92 Å². The van der Waals surface area contributed by atoms with Gasteiger partial charge in [0.25, 0.3) is 0 Å². The van der Waals surface area contributed by atoms with Crippen molar-refractivity contribution in [2.45, 2.75) is 25.8 Å². The molecule has 0 fully saturated rings. The van der Waals surface area contributed by atoms with Gasteiger partial charge < -0.3 is 5.32 Å². The lowest BCUT2D eigenvalue weighted by Gasteiger charge is -2.19. The molecule has 1 unspecified atom stereocenters. The highest BCUT2D eigenvalue weighted by Gasteiger charge is 2.15. The molecular weight excluding hydrogens is 274 g/mol. The molecular formula is C19H21NS. The van der Waals surface area contributed by atoms with E-state index < -0.39 is 0 Å². The molecule has 1 atom stereocenters. The lowest BCUT2D eigenvalue weighted by atomic mass is 9.95. The maximum atomic E-state index is 3.47. The van der Waals surface area contributed by atoms with Gasteiger partial charge >= 0.3 is 0 Å². The predicted octanol–water partition coefficient (Wildman–Crippen LogP) is 5.33. The molecule has 0 spiro atoms. The molecule has 0 amide bonds. The zero-order chi connectivity index (χ0) is 14.8. The maximum absolute atomic E-state index is 3.47. The van der Waals surface area contributed by atoms with Crippen LogP contribution in [0.4, 0.5) is 0 Å². The molecule has 3 aromatic rings. The van der Waals surface area contributed by atoms with Gasteiger partial charge in [-0.2, -0.15) is 0 Å². The monoisotopic (exact) mass is 295 g/mol. The summed E-state index contributed by atoms with van der Waals surface area (Å²) in [4.78, 5) is 0. The SMILES string of the molecule is CNC(c1ccc(C(C)C)cc1)c1cccc2ccsc12. The van der Waals surface area contributed by atoms with Crippen LogP contribution in [0.5, 0.6) is 0 Å². The third kappa shape index (κ3) is 2.74. The molecule has 0 bridgehead atoms. The average Bonchev–Trinajstić information content (AvgIpc) is 2.98. The topological polar surface area (TPSA) is 12.0 Å². The van der Waals surface area contributed by atoms with Gasteiger partial charge in [0.1, 0.15) is 0 Å². The van der Waals surface area contributed by atoms with Crippen molar-refractivity contribution in [3.05, 3.63) is 70.6 Å². The van der Waals surface area contributed by atoms with Crippen LogP contribution in [0.2, 0.25) is 0 Å². The number of nitrogens with one attached hydrogen (secondary N) is 1. The fraction of sp³-hybridized carbons (Fsp3) is 0.263. The van der Waals surface area contributed by atoms with Crippen LogP contribution in [-0.4, -0.2) is 7.05 Å². The summed E-state index contributed by atoms with van der Waals surface area (Å²) in [6, 6.07) is 18.0. The van der Waals surface area contributed by atoms with Crippen LogP contribution in [0.25, 0.3) is 10.1 Å². The van der Waals surface area contributed by atoms with Crippen molar-refractivity contribution in [3.63, 3.8) is 0 Å². The molecule has 3 rings (SSSR count). The van der Waals surface area contributed by atoms with E-state index in [1.54, 1.807) is 0 Å². The molecule has 1 heterocycles. The van der Waals surface area contributed by atoms with E-state index in [2.05, 4.69) is 73.1 Å². The van der Waals surface area contributed by atoms with Gasteiger partial charge in [-0.25, -0.2) is 0 Å². The van der Waals surface area contributed by atoms with Gasteiger partial charge in [0.05, 0.1) is 6.04 Å². The van der Waals surface area contributed by atoms with Gasteiger partial charge in [0.15, 0.2) is 0 Å². The summed E-state index contributed by atoms with van der Waals surface area (Å²) in [7, 11) is 2.04. The van der Waals surface area contributed by atoms with Gasteiger partial charge in [-0.1, -0.05) is 56.3 Å². The molecule has 2 aromatic carbocycles. The van der Waals surface area contributed by atoms with E-state index in [-0.39, 0.29) is 6.04 Å². The number of hydrogen-bond acceptors (Lipinski definition) is 2. The van der Waals surface area contributed by atoms with Crippen molar-refractivity contribution >= 4 is 21.4 Å². The first-order chi connectivity index (χ1) is 10.2. The quantitative estimate of drug-likeness (QED) is 0.685. The van der Waals surface area contributed by atoms with E-state index >= 15 is 0 Å². The molecule has 0 saturated heterocycles. The van der Waals surface area contributed by atoms with E-state index in [0.717, 1.165) is 0 Å². The number of fused-ring (bicyclic) bond motifs is 1. The number of benzene rings is 2. The fourth-order valence-electron chi connectivity index (χ4n) is 2.82. The van der Waals surface area contributed by atoms with Crippen LogP contribution < -0.4 is 5.32 Å². The van der Waals surface area contributed by atoms with E-state index in [1.807, 2.05) is 18.4 Å². The Morgan fingerprint density at radius 1 is 0.905 bits per heavy atom. The van der Waals surface area contributed by atoms with Crippen molar-refractivity contribution < 1.29 is 0 Å². The second-order valence-electron chi connectivity index (χ2n) is 5.73. The number of hydrogen-bond donors (Lipinski definition) is 1. The minimum Gasteiger partial charge on any atom is -0.309 e. The Kier molecular flexibility index (Phi) is 4.09. The summed E-state index contributed by atoms with van der Waals surface area (Å²) in [5.74, 6) is 0.577. The van der Waals surface area contributed by atoms with Gasteiger partial charge in [-0.05, 0) is 46.5 Å². The minimum atomic E-state index is 0.244. The van der Waals surface area contributed by atoms with Gasteiger partial charge in [0.2, 0.25) is 0 Å². The van der Waals surface area contributed by atoms with Crippen LogP contribution in [0.1, 0.15) is 42.5 Å². The summed E-state index contributed by atoms with van der Waals surface area (Å²) < 4.78 is 1.38. The average molecular weight is 295 g/mol. The summed E-state index contributed by atoms with van der Waals surface area (Å²) in [6.45, 7) is 4.47. The Morgan fingerprint density at radius 3 is 2.29 bits per heavy atom. The number of rotatable bonds is 4. The second-order valence-corrected chi connectivity index (χ2v) is 6.65. The summed E-state index contributed by atoms with van der Waals surface area (Å²) in [6.07, 6.45) is 0. The highest BCUT2D eigenvalue weighted by molar-refractivity contribution is 7.17. The first-order valence-corrected chi connectivity index (χ1v) is 8.32. The molecule has 21 heavy (non-hydrogen) atoms. The maximum Gasteiger partial charge on any atom is 0.0588 e. The third-order valence-electron chi connectivity index (χ3n) is 4.05.